The molecule has 0 aliphatic rings. The third kappa shape index (κ3) is 2.07. The number of benzene rings is 2. The van der Waals surface area contributed by atoms with E-state index in [1.165, 1.54) is 0 Å². The van der Waals surface area contributed by atoms with Crippen molar-refractivity contribution in [3.05, 3.63) is 54.1 Å². The van der Waals surface area contributed by atoms with Gasteiger partial charge in [-0.25, -0.2) is 0 Å². The lowest BCUT2D eigenvalue weighted by Crippen LogP contribution is -1.96. The van der Waals surface area contributed by atoms with Crippen LogP contribution in [-0.2, 0) is 6.54 Å². The van der Waals surface area contributed by atoms with Gasteiger partial charge in [0.2, 0.25) is 0 Å². The lowest BCUT2D eigenvalue weighted by Gasteiger charge is -2.08. The largest absolute Gasteiger partial charge is 0.496 e. The molecule has 0 saturated carbocycles. The molecule has 0 heterocycles. The second-order valence-corrected chi connectivity index (χ2v) is 3.53. The van der Waals surface area contributed by atoms with Gasteiger partial charge >= 0.3 is 0 Å². The number of rotatable bonds is 3. The number of hydrogen-bond donors (Lipinski definition) is 1. The van der Waals surface area contributed by atoms with E-state index in [4.69, 9.17) is 10.5 Å². The molecule has 0 amide bonds. The van der Waals surface area contributed by atoms with Crippen LogP contribution in [0.2, 0.25) is 0 Å². The highest BCUT2D eigenvalue weighted by molar-refractivity contribution is 5.70. The zero-order chi connectivity index (χ0) is 11.4. The quantitative estimate of drug-likeness (QED) is 0.848. The Hall–Kier alpha value is -1.80. The zero-order valence-corrected chi connectivity index (χ0v) is 9.23. The molecule has 1 radical (unpaired) electrons. The molecule has 2 aromatic rings. The Bertz CT molecular complexity index is 480. The number of nitrogens with two attached hydrogens (primary N) is 1. The minimum Gasteiger partial charge on any atom is -0.496 e. The van der Waals surface area contributed by atoms with Gasteiger partial charge in [0.15, 0.2) is 0 Å². The molecule has 16 heavy (non-hydrogen) atoms. The van der Waals surface area contributed by atoms with E-state index in [9.17, 15) is 0 Å². The van der Waals surface area contributed by atoms with Gasteiger partial charge in [-0.05, 0) is 29.3 Å². The van der Waals surface area contributed by atoms with Crippen LogP contribution in [0.3, 0.4) is 0 Å². The maximum absolute atomic E-state index is 5.63. The third-order valence-electron chi connectivity index (χ3n) is 2.52. The zero-order valence-electron chi connectivity index (χ0n) is 9.23. The summed E-state index contributed by atoms with van der Waals surface area (Å²) in [5.41, 5.74) is 8.93. The molecule has 0 spiro atoms. The molecule has 0 saturated heterocycles. The van der Waals surface area contributed by atoms with Gasteiger partial charge in [-0.3, -0.25) is 0 Å². The summed E-state index contributed by atoms with van der Waals surface area (Å²) in [7, 11) is 1.67. The molecule has 81 valence electrons. The molecule has 2 nitrogen and oxygen atoms in total. The van der Waals surface area contributed by atoms with E-state index >= 15 is 0 Å². The Morgan fingerprint density at radius 2 is 2.19 bits per heavy atom. The summed E-state index contributed by atoms with van der Waals surface area (Å²) in [6.07, 6.45) is 0. The van der Waals surface area contributed by atoms with Crippen LogP contribution in [0.4, 0.5) is 0 Å². The van der Waals surface area contributed by atoms with E-state index in [1.807, 2.05) is 30.3 Å². The second-order valence-electron chi connectivity index (χ2n) is 3.53. The minimum atomic E-state index is 0.551. The van der Waals surface area contributed by atoms with Gasteiger partial charge in [0.1, 0.15) is 5.75 Å². The first-order valence-electron chi connectivity index (χ1n) is 5.18. The summed E-state index contributed by atoms with van der Waals surface area (Å²) in [6.45, 7) is 0.551. The summed E-state index contributed by atoms with van der Waals surface area (Å²) in [6, 6.07) is 16.9. The van der Waals surface area contributed by atoms with Crippen molar-refractivity contribution < 1.29 is 4.74 Å². The van der Waals surface area contributed by atoms with Gasteiger partial charge in [0.05, 0.1) is 7.11 Å². The van der Waals surface area contributed by atoms with E-state index in [2.05, 4.69) is 18.2 Å². The standard InChI is InChI=1S/C14H14NO/c1-16-14-8-3-2-7-13(14)12-6-4-5-11(9-12)10-15/h2,4-9H,10,15H2,1H3. The number of hydrogen-bond acceptors (Lipinski definition) is 2. The highest BCUT2D eigenvalue weighted by atomic mass is 16.5. The fourth-order valence-corrected chi connectivity index (χ4v) is 1.69. The number of methoxy groups -OCH3 is 1. The van der Waals surface area contributed by atoms with Crippen molar-refractivity contribution in [2.45, 2.75) is 6.54 Å². The molecule has 0 unspecified atom stereocenters. The first kappa shape index (κ1) is 10.7. The monoisotopic (exact) mass is 212 g/mol. The summed E-state index contributed by atoms with van der Waals surface area (Å²) in [5.74, 6) is 0.830. The van der Waals surface area contributed by atoms with Crippen LogP contribution in [-0.4, -0.2) is 7.11 Å². The van der Waals surface area contributed by atoms with Crippen LogP contribution in [0, 0.1) is 6.07 Å². The predicted molar refractivity (Wildman–Crippen MR) is 65.2 cm³/mol. The molecule has 0 aliphatic carbocycles. The van der Waals surface area contributed by atoms with Crippen molar-refractivity contribution in [2.24, 2.45) is 5.73 Å². The third-order valence-corrected chi connectivity index (χ3v) is 2.52. The fourth-order valence-electron chi connectivity index (χ4n) is 1.69. The van der Waals surface area contributed by atoms with Gasteiger partial charge in [-0.2, -0.15) is 0 Å². The van der Waals surface area contributed by atoms with Crippen molar-refractivity contribution >= 4 is 0 Å². The summed E-state index contributed by atoms with van der Waals surface area (Å²) in [4.78, 5) is 0. The van der Waals surface area contributed by atoms with Crippen molar-refractivity contribution in [3.63, 3.8) is 0 Å². The van der Waals surface area contributed by atoms with Gasteiger partial charge < -0.3 is 10.5 Å². The van der Waals surface area contributed by atoms with Gasteiger partial charge in [0.25, 0.3) is 0 Å². The normalized spacial score (nSPS) is 10.1. The smallest absolute Gasteiger partial charge is 0.127 e. The lowest BCUT2D eigenvalue weighted by atomic mass is 10.0. The molecule has 0 aromatic heterocycles. The molecule has 2 heteroatoms. The predicted octanol–water partition coefficient (Wildman–Crippen LogP) is 2.62. The van der Waals surface area contributed by atoms with Crippen LogP contribution in [0.1, 0.15) is 5.56 Å². The average Bonchev–Trinajstić information content (AvgIpc) is 2.38. The summed E-state index contributed by atoms with van der Waals surface area (Å²) >= 11 is 0. The molecule has 2 rings (SSSR count). The van der Waals surface area contributed by atoms with E-state index < -0.39 is 0 Å². The molecule has 2 N–H and O–H groups in total. The highest BCUT2D eigenvalue weighted by Gasteiger charge is 2.04. The van der Waals surface area contributed by atoms with E-state index in [0.29, 0.717) is 6.54 Å². The SMILES string of the molecule is COc1c[c]ccc1-c1cccc(CN)c1. The molecule has 0 bridgehead atoms. The first-order chi connectivity index (χ1) is 7.85. The van der Waals surface area contributed by atoms with Gasteiger partial charge in [-0.1, -0.05) is 30.3 Å². The molecule has 0 atom stereocenters. The van der Waals surface area contributed by atoms with Gasteiger partial charge in [-0.15, -0.1) is 0 Å². The van der Waals surface area contributed by atoms with E-state index in [-0.39, 0.29) is 0 Å². The maximum Gasteiger partial charge on any atom is 0.127 e. The Morgan fingerprint density at radius 3 is 2.94 bits per heavy atom. The lowest BCUT2D eigenvalue weighted by molar-refractivity contribution is 0.416. The van der Waals surface area contributed by atoms with Crippen LogP contribution < -0.4 is 10.5 Å². The van der Waals surface area contributed by atoms with Crippen molar-refractivity contribution in [1.82, 2.24) is 0 Å². The van der Waals surface area contributed by atoms with E-state index in [1.54, 1.807) is 7.11 Å². The first-order valence-corrected chi connectivity index (χ1v) is 5.18. The van der Waals surface area contributed by atoms with Crippen molar-refractivity contribution in [1.29, 1.82) is 0 Å². The van der Waals surface area contributed by atoms with E-state index in [0.717, 1.165) is 22.4 Å². The Morgan fingerprint density at radius 1 is 1.31 bits per heavy atom. The summed E-state index contributed by atoms with van der Waals surface area (Å²) < 4.78 is 5.31. The molecular formula is C14H14NO. The van der Waals surface area contributed by atoms with Crippen LogP contribution in [0.15, 0.2) is 42.5 Å². The molecule has 0 fully saturated rings. The van der Waals surface area contributed by atoms with Crippen LogP contribution in [0.5, 0.6) is 5.75 Å². The van der Waals surface area contributed by atoms with Crippen molar-refractivity contribution in [2.75, 3.05) is 7.11 Å². The van der Waals surface area contributed by atoms with Crippen molar-refractivity contribution in [3.8, 4) is 16.9 Å². The van der Waals surface area contributed by atoms with Crippen LogP contribution >= 0.6 is 0 Å². The second kappa shape index (κ2) is 4.81. The summed E-state index contributed by atoms with van der Waals surface area (Å²) in [5, 5.41) is 0. The van der Waals surface area contributed by atoms with Crippen LogP contribution in [0.25, 0.3) is 11.1 Å². The maximum atomic E-state index is 5.63. The molecular weight excluding hydrogens is 198 g/mol. The fraction of sp³-hybridized carbons (Fsp3) is 0.143. The average molecular weight is 212 g/mol. The Kier molecular flexibility index (Phi) is 3.22. The number of ether oxygens (including phenoxy) is 1. The highest BCUT2D eigenvalue weighted by Crippen LogP contribution is 2.29. The topological polar surface area (TPSA) is 35.2 Å². The molecule has 0 aliphatic heterocycles. The molecule has 2 aromatic carbocycles. The Balaban J connectivity index is 2.49. The Labute approximate surface area is 95.7 Å². The minimum absolute atomic E-state index is 0.551. The van der Waals surface area contributed by atoms with Gasteiger partial charge in [0, 0.05) is 12.1 Å².